The van der Waals surface area contributed by atoms with Crippen molar-refractivity contribution in [2.45, 2.75) is 4.90 Å². The highest BCUT2D eigenvalue weighted by atomic mass is 79.9. The van der Waals surface area contributed by atoms with Crippen molar-refractivity contribution in [1.29, 1.82) is 0 Å². The molecule has 0 unspecified atom stereocenters. The van der Waals surface area contributed by atoms with Crippen LogP contribution in [0, 0.1) is 0 Å². The van der Waals surface area contributed by atoms with E-state index in [1.54, 1.807) is 5.32 Å². The van der Waals surface area contributed by atoms with E-state index in [4.69, 9.17) is 27.2 Å². The first-order chi connectivity index (χ1) is 9.11. The van der Waals surface area contributed by atoms with Gasteiger partial charge in [0.1, 0.15) is 4.90 Å². The molecule has 0 saturated heterocycles. The summed E-state index contributed by atoms with van der Waals surface area (Å²) in [5, 5.41) is 6.69. The molecule has 0 aromatic heterocycles. The van der Waals surface area contributed by atoms with E-state index in [0.717, 1.165) is 0 Å². The molecule has 0 aliphatic heterocycles. The first kappa shape index (κ1) is 16.7. The molecule has 3 amide bonds. The highest BCUT2D eigenvalue weighted by Gasteiger charge is 2.20. The quantitative estimate of drug-likeness (QED) is 0.683. The lowest BCUT2D eigenvalue weighted by molar-refractivity contribution is -0.121. The highest BCUT2D eigenvalue weighted by molar-refractivity contribution is 9.10. The molecule has 0 aliphatic rings. The molecule has 1 aromatic carbocycles. The van der Waals surface area contributed by atoms with Crippen LogP contribution in [-0.2, 0) is 14.8 Å². The molecule has 0 saturated carbocycles. The summed E-state index contributed by atoms with van der Waals surface area (Å²) < 4.78 is 28.2. The van der Waals surface area contributed by atoms with Gasteiger partial charge in [0.25, 0.3) is 5.91 Å². The van der Waals surface area contributed by atoms with E-state index >= 15 is 0 Å². The van der Waals surface area contributed by atoms with Crippen molar-refractivity contribution in [2.75, 3.05) is 6.61 Å². The lowest BCUT2D eigenvalue weighted by Crippen LogP contribution is -2.38. The van der Waals surface area contributed by atoms with E-state index < -0.39 is 33.5 Å². The fourth-order valence-corrected chi connectivity index (χ4v) is 2.99. The van der Waals surface area contributed by atoms with Crippen molar-refractivity contribution in [3.8, 4) is 5.75 Å². The summed E-state index contributed by atoms with van der Waals surface area (Å²) in [5.74, 6) is -1.16. The standard InChI is InChI=1S/C9H9BrClN3O5S/c10-4-1-5(11)8(6(2-4)20(13,17)18)19-3-7(15)14-9(12)16/h1-2H,3H2,(H2,13,17,18)(H3,12,14,15,16). The van der Waals surface area contributed by atoms with Crippen LogP contribution in [0.1, 0.15) is 0 Å². The second-order valence-electron chi connectivity index (χ2n) is 3.46. The van der Waals surface area contributed by atoms with Gasteiger partial charge < -0.3 is 10.5 Å². The maximum Gasteiger partial charge on any atom is 0.318 e. The third-order valence-electron chi connectivity index (χ3n) is 1.89. The van der Waals surface area contributed by atoms with Gasteiger partial charge in [0, 0.05) is 4.47 Å². The van der Waals surface area contributed by atoms with Gasteiger partial charge in [-0.2, -0.15) is 0 Å². The topological polar surface area (TPSA) is 142 Å². The third kappa shape index (κ3) is 4.63. The molecule has 0 spiro atoms. The van der Waals surface area contributed by atoms with Crippen molar-refractivity contribution >= 4 is 49.5 Å². The molecule has 20 heavy (non-hydrogen) atoms. The highest BCUT2D eigenvalue weighted by Crippen LogP contribution is 2.34. The van der Waals surface area contributed by atoms with E-state index in [0.29, 0.717) is 4.47 Å². The second kappa shape index (κ2) is 6.39. The maximum absolute atomic E-state index is 11.4. The zero-order valence-electron chi connectivity index (χ0n) is 9.72. The van der Waals surface area contributed by atoms with Crippen LogP contribution in [-0.4, -0.2) is 27.0 Å². The Morgan fingerprint density at radius 3 is 2.50 bits per heavy atom. The Morgan fingerprint density at radius 1 is 1.40 bits per heavy atom. The summed E-state index contributed by atoms with van der Waals surface area (Å²) in [6, 6.07) is 1.47. The van der Waals surface area contributed by atoms with Crippen LogP contribution in [0.3, 0.4) is 0 Å². The lowest BCUT2D eigenvalue weighted by atomic mass is 10.3. The summed E-state index contributed by atoms with van der Waals surface area (Å²) in [4.78, 5) is 21.2. The minimum atomic E-state index is -4.11. The smallest absolute Gasteiger partial charge is 0.318 e. The van der Waals surface area contributed by atoms with Gasteiger partial charge in [0.05, 0.1) is 5.02 Å². The SMILES string of the molecule is NC(=O)NC(=O)COc1c(Cl)cc(Br)cc1S(N)(=O)=O. The van der Waals surface area contributed by atoms with Gasteiger partial charge in [-0.05, 0) is 12.1 Å². The number of primary sulfonamides is 1. The number of nitrogens with one attached hydrogen (secondary N) is 1. The van der Waals surface area contributed by atoms with Crippen LogP contribution in [0.25, 0.3) is 0 Å². The number of primary amides is 1. The van der Waals surface area contributed by atoms with Gasteiger partial charge in [0.15, 0.2) is 12.4 Å². The van der Waals surface area contributed by atoms with Crippen LogP contribution < -0.4 is 20.9 Å². The second-order valence-corrected chi connectivity index (χ2v) is 6.31. The Morgan fingerprint density at radius 2 is 2.00 bits per heavy atom. The zero-order chi connectivity index (χ0) is 15.5. The number of halogens is 2. The van der Waals surface area contributed by atoms with E-state index in [-0.39, 0.29) is 10.8 Å². The van der Waals surface area contributed by atoms with Gasteiger partial charge in [-0.3, -0.25) is 10.1 Å². The van der Waals surface area contributed by atoms with Gasteiger partial charge in [-0.1, -0.05) is 27.5 Å². The monoisotopic (exact) mass is 385 g/mol. The molecule has 1 rings (SSSR count). The molecule has 1 aromatic rings. The third-order valence-corrected chi connectivity index (χ3v) is 3.55. The van der Waals surface area contributed by atoms with E-state index in [1.807, 2.05) is 0 Å². The number of nitrogens with two attached hydrogens (primary N) is 2. The van der Waals surface area contributed by atoms with Crippen molar-refractivity contribution in [1.82, 2.24) is 5.32 Å². The van der Waals surface area contributed by atoms with Crippen LogP contribution in [0.2, 0.25) is 5.02 Å². The summed E-state index contributed by atoms with van der Waals surface area (Å²) in [5.41, 5.74) is 4.74. The van der Waals surface area contributed by atoms with Crippen molar-refractivity contribution in [3.05, 3.63) is 21.6 Å². The first-order valence-electron chi connectivity index (χ1n) is 4.85. The lowest BCUT2D eigenvalue weighted by Gasteiger charge is -2.12. The van der Waals surface area contributed by atoms with Crippen LogP contribution in [0.4, 0.5) is 4.79 Å². The van der Waals surface area contributed by atoms with Crippen molar-refractivity contribution in [3.63, 3.8) is 0 Å². The molecule has 0 aliphatic carbocycles. The fraction of sp³-hybridized carbons (Fsp3) is 0.111. The van der Waals surface area contributed by atoms with E-state index in [1.165, 1.54) is 12.1 Å². The average Bonchev–Trinajstić information content (AvgIpc) is 2.24. The van der Waals surface area contributed by atoms with E-state index in [9.17, 15) is 18.0 Å². The number of hydrogen-bond donors (Lipinski definition) is 3. The summed E-state index contributed by atoms with van der Waals surface area (Å²) in [6.45, 7) is -0.660. The van der Waals surface area contributed by atoms with E-state index in [2.05, 4.69) is 15.9 Å². The van der Waals surface area contributed by atoms with Crippen LogP contribution in [0.15, 0.2) is 21.5 Å². The molecule has 0 atom stereocenters. The molecule has 0 heterocycles. The normalized spacial score (nSPS) is 10.9. The van der Waals surface area contributed by atoms with Gasteiger partial charge >= 0.3 is 6.03 Å². The minimum absolute atomic E-state index is 0.0738. The number of amides is 3. The number of carbonyl (C=O) groups is 2. The number of rotatable bonds is 4. The van der Waals surface area contributed by atoms with Crippen molar-refractivity contribution in [2.24, 2.45) is 10.9 Å². The molecule has 110 valence electrons. The summed E-state index contributed by atoms with van der Waals surface area (Å²) >= 11 is 8.88. The molecular formula is C9H9BrClN3O5S. The van der Waals surface area contributed by atoms with Gasteiger partial charge in [-0.15, -0.1) is 0 Å². The summed E-state index contributed by atoms with van der Waals surface area (Å²) in [7, 11) is -4.11. The fourth-order valence-electron chi connectivity index (χ4n) is 1.20. The predicted molar refractivity (Wildman–Crippen MR) is 73.7 cm³/mol. The number of carbonyl (C=O) groups excluding carboxylic acids is 2. The number of imide groups is 1. The first-order valence-corrected chi connectivity index (χ1v) is 7.57. The molecule has 0 bridgehead atoms. The number of sulfonamides is 1. The molecular weight excluding hydrogens is 378 g/mol. The Hall–Kier alpha value is -1.36. The molecule has 0 radical (unpaired) electrons. The van der Waals surface area contributed by atoms with Crippen molar-refractivity contribution < 1.29 is 22.7 Å². The Bertz CT molecular complexity index is 664. The molecule has 11 heteroatoms. The largest absolute Gasteiger partial charge is 0.481 e. The Labute approximate surface area is 127 Å². The zero-order valence-corrected chi connectivity index (χ0v) is 12.9. The minimum Gasteiger partial charge on any atom is -0.481 e. The molecule has 5 N–H and O–H groups in total. The Kier molecular flexibility index (Phi) is 5.34. The van der Waals surface area contributed by atoms with Crippen LogP contribution in [0.5, 0.6) is 5.75 Å². The van der Waals surface area contributed by atoms with Gasteiger partial charge in [0.2, 0.25) is 10.0 Å². The number of urea groups is 1. The maximum atomic E-state index is 11.4. The van der Waals surface area contributed by atoms with Crippen LogP contribution >= 0.6 is 27.5 Å². The summed E-state index contributed by atoms with van der Waals surface area (Å²) in [6.07, 6.45) is 0. The number of hydrogen-bond acceptors (Lipinski definition) is 5. The number of benzene rings is 1. The molecule has 0 fully saturated rings. The predicted octanol–water partition coefficient (Wildman–Crippen LogP) is 0.324. The molecule has 8 nitrogen and oxygen atoms in total. The average molecular weight is 387 g/mol. The Balaban J connectivity index is 3.06. The van der Waals surface area contributed by atoms with Gasteiger partial charge in [-0.25, -0.2) is 18.4 Å². The number of ether oxygens (including phenoxy) is 1.